The zero-order valence-corrected chi connectivity index (χ0v) is 18.4. The van der Waals surface area contributed by atoms with Crippen molar-refractivity contribution < 1.29 is 0 Å². The molecule has 146 valence electrons. The Morgan fingerprint density at radius 3 is 2.18 bits per heavy atom. The SMILES string of the molecule is C/C=C\C.CC(=S)C(Nc1c(-c2ccc(C)cc2)nc2ccccn12)=C(C)C. The van der Waals surface area contributed by atoms with Crippen molar-refractivity contribution in [1.29, 1.82) is 0 Å². The number of allylic oxidation sites excluding steroid dienone is 4. The van der Waals surface area contributed by atoms with Gasteiger partial charge in [0.15, 0.2) is 0 Å². The third kappa shape index (κ3) is 5.17. The zero-order chi connectivity index (χ0) is 20.7. The fourth-order valence-corrected chi connectivity index (χ4v) is 2.97. The molecule has 3 nitrogen and oxygen atoms in total. The van der Waals surface area contributed by atoms with Gasteiger partial charge in [-0.25, -0.2) is 4.98 Å². The van der Waals surface area contributed by atoms with Crippen LogP contribution < -0.4 is 5.32 Å². The maximum Gasteiger partial charge on any atom is 0.143 e. The summed E-state index contributed by atoms with van der Waals surface area (Å²) in [5.74, 6) is 0.940. The number of nitrogens with one attached hydrogen (secondary N) is 1. The number of nitrogens with zero attached hydrogens (tertiary/aromatic N) is 2. The van der Waals surface area contributed by atoms with Crippen molar-refractivity contribution in [2.45, 2.75) is 41.5 Å². The van der Waals surface area contributed by atoms with Crippen molar-refractivity contribution >= 4 is 28.5 Å². The van der Waals surface area contributed by atoms with E-state index in [4.69, 9.17) is 17.2 Å². The maximum absolute atomic E-state index is 5.42. The molecule has 0 radical (unpaired) electrons. The van der Waals surface area contributed by atoms with Gasteiger partial charge in [0, 0.05) is 16.6 Å². The molecule has 0 atom stereocenters. The second kappa shape index (κ2) is 10.00. The topological polar surface area (TPSA) is 29.3 Å². The predicted molar refractivity (Wildman–Crippen MR) is 126 cm³/mol. The lowest BCUT2D eigenvalue weighted by atomic mass is 10.1. The molecule has 1 aromatic carbocycles. The average Bonchev–Trinajstić information content (AvgIpc) is 3.04. The van der Waals surface area contributed by atoms with E-state index in [9.17, 15) is 0 Å². The lowest BCUT2D eigenvalue weighted by Gasteiger charge is -2.13. The second-order valence-corrected chi connectivity index (χ2v) is 7.44. The zero-order valence-electron chi connectivity index (χ0n) is 17.6. The van der Waals surface area contributed by atoms with Gasteiger partial charge in [-0.05, 0) is 53.7 Å². The number of pyridine rings is 1. The number of hydrogen-bond acceptors (Lipinski definition) is 3. The Morgan fingerprint density at radius 1 is 1.00 bits per heavy atom. The first-order valence-electron chi connectivity index (χ1n) is 9.45. The van der Waals surface area contributed by atoms with Gasteiger partial charge in [-0.15, -0.1) is 0 Å². The van der Waals surface area contributed by atoms with Crippen LogP contribution in [0.1, 0.15) is 40.2 Å². The van der Waals surface area contributed by atoms with E-state index in [1.807, 2.05) is 57.3 Å². The molecule has 2 aromatic heterocycles. The lowest BCUT2D eigenvalue weighted by molar-refractivity contribution is 1.17. The monoisotopic (exact) mass is 391 g/mol. The van der Waals surface area contributed by atoms with Crippen molar-refractivity contribution in [2.24, 2.45) is 0 Å². The number of aryl methyl sites for hydroxylation is 1. The average molecular weight is 392 g/mol. The van der Waals surface area contributed by atoms with Crippen molar-refractivity contribution in [1.82, 2.24) is 9.38 Å². The second-order valence-electron chi connectivity index (χ2n) is 6.83. The van der Waals surface area contributed by atoms with Crippen LogP contribution in [0.2, 0.25) is 0 Å². The van der Waals surface area contributed by atoms with Crippen LogP contribution >= 0.6 is 12.2 Å². The molecule has 0 aliphatic heterocycles. The van der Waals surface area contributed by atoms with Crippen LogP contribution in [0.3, 0.4) is 0 Å². The number of aromatic nitrogens is 2. The molecular formula is C24H29N3S. The van der Waals surface area contributed by atoms with Gasteiger partial charge in [0.25, 0.3) is 0 Å². The Bertz CT molecular complexity index is 1000. The van der Waals surface area contributed by atoms with Gasteiger partial charge < -0.3 is 5.32 Å². The van der Waals surface area contributed by atoms with E-state index in [1.54, 1.807) is 0 Å². The Morgan fingerprint density at radius 2 is 1.64 bits per heavy atom. The van der Waals surface area contributed by atoms with E-state index in [0.29, 0.717) is 0 Å². The fraction of sp³-hybridized carbons (Fsp3) is 0.250. The Labute approximate surface area is 173 Å². The van der Waals surface area contributed by atoms with Crippen molar-refractivity contribution in [3.05, 3.63) is 77.6 Å². The molecule has 3 aromatic rings. The first-order valence-corrected chi connectivity index (χ1v) is 9.86. The minimum atomic E-state index is 0.843. The van der Waals surface area contributed by atoms with Crippen LogP contribution in [0.4, 0.5) is 5.82 Å². The Hall–Kier alpha value is -2.72. The Kier molecular flexibility index (Phi) is 7.70. The maximum atomic E-state index is 5.42. The van der Waals surface area contributed by atoms with Gasteiger partial charge in [-0.1, -0.05) is 65.8 Å². The standard InChI is InChI=1S/C20H21N3S.C4H8/c1-13(2)18(15(4)24)22-20-19(16-10-8-14(3)9-11-16)21-17-7-5-6-12-23(17)20;1-3-4-2/h5-12,22H,1-4H3;3-4H,1-2H3/b;4-3-. The lowest BCUT2D eigenvalue weighted by Crippen LogP contribution is -2.10. The molecule has 0 amide bonds. The molecule has 0 bridgehead atoms. The summed E-state index contributed by atoms with van der Waals surface area (Å²) in [6.45, 7) is 12.2. The minimum absolute atomic E-state index is 0.843. The van der Waals surface area contributed by atoms with Gasteiger partial charge in [-0.2, -0.15) is 0 Å². The van der Waals surface area contributed by atoms with Gasteiger partial charge in [0.2, 0.25) is 0 Å². The van der Waals surface area contributed by atoms with Gasteiger partial charge >= 0.3 is 0 Å². The normalized spacial score (nSPS) is 10.5. The molecule has 4 heteroatoms. The number of rotatable bonds is 4. The molecule has 0 spiro atoms. The molecule has 2 heterocycles. The summed E-state index contributed by atoms with van der Waals surface area (Å²) in [4.78, 5) is 5.66. The quantitative estimate of drug-likeness (QED) is 0.295. The third-order valence-electron chi connectivity index (χ3n) is 4.28. The molecule has 0 aliphatic carbocycles. The number of benzene rings is 1. The highest BCUT2D eigenvalue weighted by atomic mass is 32.1. The van der Waals surface area contributed by atoms with E-state index >= 15 is 0 Å². The number of imidazole rings is 1. The number of hydrogen-bond donors (Lipinski definition) is 1. The summed E-state index contributed by atoms with van der Waals surface area (Å²) >= 11 is 5.42. The van der Waals surface area contributed by atoms with Crippen LogP contribution in [-0.2, 0) is 0 Å². The highest BCUT2D eigenvalue weighted by Gasteiger charge is 2.16. The molecule has 0 unspecified atom stereocenters. The van der Waals surface area contributed by atoms with E-state index in [1.165, 1.54) is 5.56 Å². The van der Waals surface area contributed by atoms with Gasteiger partial charge in [-0.3, -0.25) is 4.40 Å². The number of fused-ring (bicyclic) bond motifs is 1. The van der Waals surface area contributed by atoms with Crippen molar-refractivity contribution in [3.63, 3.8) is 0 Å². The van der Waals surface area contributed by atoms with Crippen LogP contribution in [0.15, 0.2) is 72.1 Å². The summed E-state index contributed by atoms with van der Waals surface area (Å²) in [6, 6.07) is 14.4. The van der Waals surface area contributed by atoms with Crippen LogP contribution in [0.25, 0.3) is 16.9 Å². The predicted octanol–water partition coefficient (Wildman–Crippen LogP) is 6.99. The third-order valence-corrected chi connectivity index (χ3v) is 4.49. The molecule has 28 heavy (non-hydrogen) atoms. The summed E-state index contributed by atoms with van der Waals surface area (Å²) < 4.78 is 2.07. The largest absolute Gasteiger partial charge is 0.339 e. The van der Waals surface area contributed by atoms with E-state index in [-0.39, 0.29) is 0 Å². The molecule has 0 fully saturated rings. The molecule has 3 rings (SSSR count). The molecule has 0 aliphatic rings. The van der Waals surface area contributed by atoms with Crippen molar-refractivity contribution in [2.75, 3.05) is 5.32 Å². The van der Waals surface area contributed by atoms with E-state index < -0.39 is 0 Å². The highest BCUT2D eigenvalue weighted by molar-refractivity contribution is 7.80. The summed E-state index contributed by atoms with van der Waals surface area (Å²) in [6.07, 6.45) is 6.02. The minimum Gasteiger partial charge on any atom is -0.339 e. The molecule has 0 saturated carbocycles. The summed E-state index contributed by atoms with van der Waals surface area (Å²) in [5.41, 5.74) is 6.29. The fourth-order valence-electron chi connectivity index (χ4n) is 2.71. The number of thiocarbonyl (C=S) groups is 1. The van der Waals surface area contributed by atoms with Crippen LogP contribution in [0, 0.1) is 6.92 Å². The molecule has 0 saturated heterocycles. The molecular weight excluding hydrogens is 362 g/mol. The first kappa shape index (κ1) is 21.6. The highest BCUT2D eigenvalue weighted by Crippen LogP contribution is 2.30. The van der Waals surface area contributed by atoms with Gasteiger partial charge in [0.05, 0.1) is 5.70 Å². The van der Waals surface area contributed by atoms with E-state index in [0.717, 1.165) is 38.9 Å². The first-order chi connectivity index (χ1) is 13.4. The van der Waals surface area contributed by atoms with Crippen LogP contribution in [0.5, 0.6) is 0 Å². The summed E-state index contributed by atoms with van der Waals surface area (Å²) in [5, 5.41) is 3.52. The number of anilines is 1. The Balaban J connectivity index is 0.000000640. The van der Waals surface area contributed by atoms with Gasteiger partial charge in [0.1, 0.15) is 17.2 Å². The van der Waals surface area contributed by atoms with Crippen LogP contribution in [-0.4, -0.2) is 14.2 Å². The van der Waals surface area contributed by atoms with E-state index in [2.05, 4.69) is 54.8 Å². The summed E-state index contributed by atoms with van der Waals surface area (Å²) in [7, 11) is 0. The molecule has 1 N–H and O–H groups in total. The smallest absolute Gasteiger partial charge is 0.143 e. The van der Waals surface area contributed by atoms with Crippen molar-refractivity contribution in [3.8, 4) is 11.3 Å².